The summed E-state index contributed by atoms with van der Waals surface area (Å²) in [6, 6.07) is 15.9. The van der Waals surface area contributed by atoms with E-state index in [0.29, 0.717) is 11.4 Å². The minimum Gasteiger partial charge on any atom is -0.497 e. The van der Waals surface area contributed by atoms with Crippen molar-refractivity contribution in [2.24, 2.45) is 0 Å². The maximum atomic E-state index is 14.2. The average molecular weight is 403 g/mol. The molecule has 0 bridgehead atoms. The molecule has 0 radical (unpaired) electrons. The summed E-state index contributed by atoms with van der Waals surface area (Å²) in [7, 11) is -2.53. The van der Waals surface area contributed by atoms with Crippen LogP contribution in [0.1, 0.15) is 11.1 Å². The van der Waals surface area contributed by atoms with E-state index in [4.69, 9.17) is 4.74 Å². The minimum absolute atomic E-state index is 0.0555. The number of hydrogen-bond donors (Lipinski definition) is 0. The zero-order valence-corrected chi connectivity index (χ0v) is 16.2. The zero-order chi connectivity index (χ0) is 20.3. The Morgan fingerprint density at radius 1 is 0.964 bits per heavy atom. The van der Waals surface area contributed by atoms with Gasteiger partial charge < -0.3 is 4.74 Å². The van der Waals surface area contributed by atoms with Gasteiger partial charge in [-0.2, -0.15) is 0 Å². The van der Waals surface area contributed by atoms with Crippen LogP contribution in [0, 0.1) is 18.6 Å². The van der Waals surface area contributed by atoms with E-state index < -0.39 is 21.7 Å². The van der Waals surface area contributed by atoms with E-state index in [1.807, 2.05) is 6.92 Å². The first-order valence-corrected chi connectivity index (χ1v) is 9.92. The molecule has 0 aromatic heterocycles. The van der Waals surface area contributed by atoms with Gasteiger partial charge in [-0.15, -0.1) is 0 Å². The zero-order valence-electron chi connectivity index (χ0n) is 15.4. The van der Waals surface area contributed by atoms with Gasteiger partial charge >= 0.3 is 0 Å². The monoisotopic (exact) mass is 403 g/mol. The highest BCUT2D eigenvalue weighted by molar-refractivity contribution is 7.92. The van der Waals surface area contributed by atoms with Crippen molar-refractivity contribution in [1.82, 2.24) is 0 Å². The van der Waals surface area contributed by atoms with E-state index in [1.54, 1.807) is 36.4 Å². The molecule has 0 saturated heterocycles. The smallest absolute Gasteiger partial charge is 0.264 e. The van der Waals surface area contributed by atoms with Gasteiger partial charge in [0.25, 0.3) is 10.0 Å². The first-order chi connectivity index (χ1) is 13.3. The Bertz CT molecular complexity index is 1080. The van der Waals surface area contributed by atoms with Gasteiger partial charge in [-0.3, -0.25) is 4.31 Å². The van der Waals surface area contributed by atoms with Crippen molar-refractivity contribution in [3.63, 3.8) is 0 Å². The average Bonchev–Trinajstić information content (AvgIpc) is 2.67. The summed E-state index contributed by atoms with van der Waals surface area (Å²) < 4.78 is 60.4. The Labute approximate surface area is 163 Å². The van der Waals surface area contributed by atoms with Crippen LogP contribution in [-0.4, -0.2) is 15.5 Å². The van der Waals surface area contributed by atoms with Gasteiger partial charge in [-0.25, -0.2) is 17.2 Å². The fourth-order valence-electron chi connectivity index (χ4n) is 2.72. The van der Waals surface area contributed by atoms with Crippen molar-refractivity contribution < 1.29 is 21.9 Å². The van der Waals surface area contributed by atoms with Crippen LogP contribution < -0.4 is 9.04 Å². The Balaban J connectivity index is 2.11. The normalized spacial score (nSPS) is 11.3. The molecule has 0 spiro atoms. The number of methoxy groups -OCH3 is 1. The number of rotatable bonds is 6. The molecule has 0 fully saturated rings. The van der Waals surface area contributed by atoms with E-state index in [0.717, 1.165) is 22.0 Å². The number of halogens is 2. The Morgan fingerprint density at radius 3 is 2.32 bits per heavy atom. The van der Waals surface area contributed by atoms with Gasteiger partial charge in [0.2, 0.25) is 0 Å². The first-order valence-electron chi connectivity index (χ1n) is 8.48. The highest BCUT2D eigenvalue weighted by Gasteiger charge is 2.26. The summed E-state index contributed by atoms with van der Waals surface area (Å²) in [5.41, 5.74) is 1.28. The van der Waals surface area contributed by atoms with Crippen LogP contribution in [0.15, 0.2) is 71.6 Å². The number of benzene rings is 3. The topological polar surface area (TPSA) is 46.6 Å². The molecule has 0 saturated carbocycles. The predicted molar refractivity (Wildman–Crippen MR) is 104 cm³/mol. The molecule has 146 valence electrons. The fraction of sp³-hybridized carbons (Fsp3) is 0.143. The second-order valence-corrected chi connectivity index (χ2v) is 8.12. The molecule has 7 heteroatoms. The van der Waals surface area contributed by atoms with Crippen molar-refractivity contribution in [2.45, 2.75) is 18.4 Å². The molecule has 3 rings (SSSR count). The fourth-order valence-corrected chi connectivity index (χ4v) is 4.16. The summed E-state index contributed by atoms with van der Waals surface area (Å²) in [4.78, 5) is 0.0726. The molecule has 0 aliphatic heterocycles. The predicted octanol–water partition coefficient (Wildman–Crippen LogP) is 4.68. The third-order valence-electron chi connectivity index (χ3n) is 4.28. The molecule has 28 heavy (non-hydrogen) atoms. The van der Waals surface area contributed by atoms with Gasteiger partial charge in [-0.05, 0) is 37.3 Å². The van der Waals surface area contributed by atoms with E-state index in [1.165, 1.54) is 25.3 Å². The van der Waals surface area contributed by atoms with Gasteiger partial charge in [0, 0.05) is 17.7 Å². The molecular weight excluding hydrogens is 384 g/mol. The lowest BCUT2D eigenvalue weighted by Gasteiger charge is -2.25. The molecule has 0 atom stereocenters. The lowest BCUT2D eigenvalue weighted by molar-refractivity contribution is 0.415. The lowest BCUT2D eigenvalue weighted by Crippen LogP contribution is -2.31. The Hall–Kier alpha value is -2.93. The number of sulfonamides is 1. The van der Waals surface area contributed by atoms with Gasteiger partial charge in [0.1, 0.15) is 17.4 Å². The molecule has 4 nitrogen and oxygen atoms in total. The van der Waals surface area contributed by atoms with Crippen LogP contribution in [0.3, 0.4) is 0 Å². The second kappa shape index (κ2) is 7.98. The van der Waals surface area contributed by atoms with Crippen LogP contribution in [-0.2, 0) is 16.6 Å². The number of ether oxygens (including phenoxy) is 1. The number of nitrogens with zero attached hydrogens (tertiary/aromatic N) is 1. The van der Waals surface area contributed by atoms with Crippen LogP contribution in [0.4, 0.5) is 14.5 Å². The van der Waals surface area contributed by atoms with E-state index >= 15 is 0 Å². The lowest BCUT2D eigenvalue weighted by atomic mass is 10.2. The number of aryl methyl sites for hydroxylation is 1. The van der Waals surface area contributed by atoms with Crippen LogP contribution in [0.2, 0.25) is 0 Å². The summed E-state index contributed by atoms with van der Waals surface area (Å²) in [5, 5.41) is 0. The summed E-state index contributed by atoms with van der Waals surface area (Å²) in [5.74, 6) is -1.08. The summed E-state index contributed by atoms with van der Waals surface area (Å²) >= 11 is 0. The molecule has 3 aromatic rings. The Kier molecular flexibility index (Phi) is 5.65. The molecule has 0 aliphatic carbocycles. The molecule has 0 N–H and O–H groups in total. The van der Waals surface area contributed by atoms with Gasteiger partial charge in [-0.1, -0.05) is 29.8 Å². The van der Waals surface area contributed by atoms with Crippen molar-refractivity contribution in [3.05, 3.63) is 89.5 Å². The molecule has 0 unspecified atom stereocenters. The quantitative estimate of drug-likeness (QED) is 0.601. The molecule has 0 heterocycles. The largest absolute Gasteiger partial charge is 0.497 e. The maximum Gasteiger partial charge on any atom is 0.264 e. The first kappa shape index (κ1) is 19.8. The molecule has 0 aliphatic rings. The maximum absolute atomic E-state index is 14.2. The number of anilines is 1. The van der Waals surface area contributed by atoms with Crippen molar-refractivity contribution in [3.8, 4) is 5.75 Å². The second-order valence-electron chi connectivity index (χ2n) is 6.26. The van der Waals surface area contributed by atoms with Crippen LogP contribution in [0.5, 0.6) is 5.75 Å². The summed E-state index contributed by atoms with van der Waals surface area (Å²) in [6.07, 6.45) is 0. The molecular formula is C21H19F2NO3S. The van der Waals surface area contributed by atoms with Crippen molar-refractivity contribution >= 4 is 15.7 Å². The van der Waals surface area contributed by atoms with E-state index in [9.17, 15) is 17.2 Å². The van der Waals surface area contributed by atoms with Crippen LogP contribution in [0.25, 0.3) is 0 Å². The molecule has 0 amide bonds. The SMILES string of the molecule is COc1cccc(N(Cc2ccc(F)cc2F)S(=O)(=O)c2ccc(C)cc2)c1. The van der Waals surface area contributed by atoms with Gasteiger partial charge in [0.05, 0.1) is 24.2 Å². The summed E-state index contributed by atoms with van der Waals surface area (Å²) in [6.45, 7) is 1.56. The Morgan fingerprint density at radius 2 is 1.68 bits per heavy atom. The minimum atomic E-state index is -4.00. The highest BCUT2D eigenvalue weighted by atomic mass is 32.2. The molecule has 3 aromatic carbocycles. The van der Waals surface area contributed by atoms with E-state index in [2.05, 4.69) is 0 Å². The highest BCUT2D eigenvalue weighted by Crippen LogP contribution is 2.29. The third kappa shape index (κ3) is 4.14. The van der Waals surface area contributed by atoms with Crippen molar-refractivity contribution in [2.75, 3.05) is 11.4 Å². The van der Waals surface area contributed by atoms with Crippen molar-refractivity contribution in [1.29, 1.82) is 0 Å². The van der Waals surface area contributed by atoms with E-state index in [-0.39, 0.29) is 17.0 Å². The third-order valence-corrected chi connectivity index (χ3v) is 6.07. The van der Waals surface area contributed by atoms with Crippen LogP contribution >= 0.6 is 0 Å². The number of hydrogen-bond acceptors (Lipinski definition) is 3. The standard InChI is InChI=1S/C21H19F2NO3S/c1-15-6-10-20(11-7-15)28(25,26)24(18-4-3-5-19(13-18)27-2)14-16-8-9-17(22)12-21(16)23/h3-13H,14H2,1-2H3. The van der Waals surface area contributed by atoms with Gasteiger partial charge in [0.15, 0.2) is 0 Å².